The minimum atomic E-state index is -0.0643. The highest BCUT2D eigenvalue weighted by molar-refractivity contribution is 7.10. The first-order valence-corrected chi connectivity index (χ1v) is 8.66. The molecule has 0 radical (unpaired) electrons. The molecule has 1 aliphatic rings. The number of carbonyl (C=O) groups is 1. The van der Waals surface area contributed by atoms with E-state index in [-0.39, 0.29) is 11.3 Å². The third kappa shape index (κ3) is 2.49. The molecule has 1 aliphatic carbocycles. The number of rotatable bonds is 4. The molecular weight excluding hydrogens is 320 g/mol. The highest BCUT2D eigenvalue weighted by atomic mass is 32.1. The summed E-state index contributed by atoms with van der Waals surface area (Å²) >= 11 is 1.67. The van der Waals surface area contributed by atoms with Crippen LogP contribution >= 0.6 is 11.3 Å². The molecule has 2 heterocycles. The summed E-state index contributed by atoms with van der Waals surface area (Å²) in [5.41, 5.74) is 3.56. The first-order valence-electron chi connectivity index (χ1n) is 7.78. The second kappa shape index (κ2) is 5.79. The van der Waals surface area contributed by atoms with Gasteiger partial charge in [-0.15, -0.1) is 11.3 Å². The Labute approximate surface area is 143 Å². The maximum Gasteiger partial charge on any atom is 0.251 e. The number of nitrogens with zero attached hydrogens (tertiary/aromatic N) is 3. The van der Waals surface area contributed by atoms with Gasteiger partial charge in [0.05, 0.1) is 6.20 Å². The summed E-state index contributed by atoms with van der Waals surface area (Å²) < 4.78 is 0. The fraction of sp³-hybridized carbons (Fsp3) is 0.222. The summed E-state index contributed by atoms with van der Waals surface area (Å²) in [6.07, 6.45) is 7.24. The lowest BCUT2D eigenvalue weighted by Crippen LogP contribution is -2.18. The van der Waals surface area contributed by atoms with Crippen LogP contribution in [0.4, 0.5) is 0 Å². The molecule has 0 spiro atoms. The normalized spacial score (nSPS) is 15.0. The van der Waals surface area contributed by atoms with Gasteiger partial charge in [0, 0.05) is 35.8 Å². The van der Waals surface area contributed by atoms with Crippen LogP contribution < -0.4 is 5.32 Å². The SMILES string of the molecule is CNC(=O)c1ccc(C2(c3nc(-c4cnccn4)cs3)CC2)cc1. The third-order valence-electron chi connectivity index (χ3n) is 4.42. The Bertz CT molecular complexity index is 870. The Morgan fingerprint density at radius 3 is 2.58 bits per heavy atom. The van der Waals surface area contributed by atoms with Crippen LogP contribution in [0.25, 0.3) is 11.4 Å². The number of amides is 1. The molecule has 4 rings (SSSR count). The van der Waals surface area contributed by atoms with E-state index in [0.717, 1.165) is 29.2 Å². The van der Waals surface area contributed by atoms with Crippen molar-refractivity contribution in [2.45, 2.75) is 18.3 Å². The fourth-order valence-electron chi connectivity index (χ4n) is 2.88. The lowest BCUT2D eigenvalue weighted by atomic mass is 9.95. The predicted molar refractivity (Wildman–Crippen MR) is 93.0 cm³/mol. The van der Waals surface area contributed by atoms with Crippen LogP contribution in [0, 0.1) is 0 Å². The van der Waals surface area contributed by atoms with Crippen molar-refractivity contribution >= 4 is 17.2 Å². The van der Waals surface area contributed by atoms with E-state index in [2.05, 4.69) is 15.3 Å². The van der Waals surface area contributed by atoms with Crippen molar-refractivity contribution in [2.75, 3.05) is 7.05 Å². The van der Waals surface area contributed by atoms with E-state index < -0.39 is 0 Å². The maximum absolute atomic E-state index is 11.7. The van der Waals surface area contributed by atoms with E-state index in [1.165, 1.54) is 5.56 Å². The van der Waals surface area contributed by atoms with Gasteiger partial charge in [-0.2, -0.15) is 0 Å². The molecule has 120 valence electrons. The van der Waals surface area contributed by atoms with Gasteiger partial charge in [0.15, 0.2) is 0 Å². The summed E-state index contributed by atoms with van der Waals surface area (Å²) in [6, 6.07) is 7.85. The zero-order valence-corrected chi connectivity index (χ0v) is 14.0. The van der Waals surface area contributed by atoms with Crippen molar-refractivity contribution in [1.82, 2.24) is 20.3 Å². The lowest BCUT2D eigenvalue weighted by Gasteiger charge is -2.13. The molecule has 6 heteroatoms. The highest BCUT2D eigenvalue weighted by Gasteiger charge is 2.48. The second-order valence-electron chi connectivity index (χ2n) is 5.87. The Morgan fingerprint density at radius 2 is 1.96 bits per heavy atom. The Balaban J connectivity index is 1.64. The largest absolute Gasteiger partial charge is 0.355 e. The maximum atomic E-state index is 11.7. The Hall–Kier alpha value is -2.60. The fourth-order valence-corrected chi connectivity index (χ4v) is 3.97. The summed E-state index contributed by atoms with van der Waals surface area (Å²) in [5.74, 6) is -0.0643. The zero-order chi connectivity index (χ0) is 16.6. The molecule has 0 aliphatic heterocycles. The standard InChI is InChI=1S/C18H16N4OS/c1-19-16(23)12-2-4-13(5-3-12)18(6-7-18)17-22-15(11-24-17)14-10-20-8-9-21-14/h2-5,8-11H,6-7H2,1H3,(H,19,23). The Kier molecular flexibility index (Phi) is 3.61. The highest BCUT2D eigenvalue weighted by Crippen LogP contribution is 2.54. The van der Waals surface area contributed by atoms with Gasteiger partial charge in [-0.05, 0) is 30.5 Å². The molecule has 24 heavy (non-hydrogen) atoms. The molecule has 1 saturated carbocycles. The summed E-state index contributed by atoms with van der Waals surface area (Å²) in [5, 5.41) is 5.79. The molecule has 0 saturated heterocycles. The number of thiazole rings is 1. The number of hydrogen-bond donors (Lipinski definition) is 1. The van der Waals surface area contributed by atoms with E-state index in [1.54, 1.807) is 37.0 Å². The molecule has 1 fully saturated rings. The van der Waals surface area contributed by atoms with Crippen LogP contribution in [0.3, 0.4) is 0 Å². The third-order valence-corrected chi connectivity index (χ3v) is 5.46. The van der Waals surface area contributed by atoms with Crippen molar-refractivity contribution in [3.63, 3.8) is 0 Å². The average molecular weight is 336 g/mol. The Morgan fingerprint density at radius 1 is 1.17 bits per heavy atom. The zero-order valence-electron chi connectivity index (χ0n) is 13.2. The molecule has 0 bridgehead atoms. The van der Waals surface area contributed by atoms with Gasteiger partial charge in [0.2, 0.25) is 0 Å². The first-order chi connectivity index (χ1) is 11.7. The molecule has 1 N–H and O–H groups in total. The minimum Gasteiger partial charge on any atom is -0.355 e. The first kappa shape index (κ1) is 15.0. The van der Waals surface area contributed by atoms with E-state index in [9.17, 15) is 4.79 Å². The molecule has 0 unspecified atom stereocenters. The van der Waals surface area contributed by atoms with Gasteiger partial charge < -0.3 is 5.32 Å². The topological polar surface area (TPSA) is 67.8 Å². The van der Waals surface area contributed by atoms with Crippen LogP contribution in [0.15, 0.2) is 48.2 Å². The van der Waals surface area contributed by atoms with Crippen molar-refractivity contribution in [1.29, 1.82) is 0 Å². The van der Waals surface area contributed by atoms with Crippen molar-refractivity contribution in [3.05, 3.63) is 64.4 Å². The predicted octanol–water partition coefficient (Wildman–Crippen LogP) is 3.04. The molecular formula is C18H16N4OS. The van der Waals surface area contributed by atoms with Crippen LogP contribution in [0.5, 0.6) is 0 Å². The summed E-state index contributed by atoms with van der Waals surface area (Å²) in [4.78, 5) is 24.9. The molecule has 1 aromatic carbocycles. The van der Waals surface area contributed by atoms with Crippen LogP contribution in [-0.2, 0) is 5.41 Å². The van der Waals surface area contributed by atoms with Gasteiger partial charge in [-0.1, -0.05) is 12.1 Å². The average Bonchev–Trinajstić information content (AvgIpc) is 3.31. The molecule has 3 aromatic rings. The van der Waals surface area contributed by atoms with Gasteiger partial charge in [0.1, 0.15) is 16.4 Å². The van der Waals surface area contributed by atoms with Gasteiger partial charge in [-0.25, -0.2) is 4.98 Å². The summed E-state index contributed by atoms with van der Waals surface area (Å²) in [7, 11) is 1.64. The second-order valence-corrected chi connectivity index (χ2v) is 6.73. The van der Waals surface area contributed by atoms with Crippen molar-refractivity contribution < 1.29 is 4.79 Å². The molecule has 0 atom stereocenters. The monoisotopic (exact) mass is 336 g/mol. The number of nitrogens with one attached hydrogen (secondary N) is 1. The van der Waals surface area contributed by atoms with E-state index in [4.69, 9.17) is 4.98 Å². The van der Waals surface area contributed by atoms with Gasteiger partial charge >= 0.3 is 0 Å². The number of hydrogen-bond acceptors (Lipinski definition) is 5. The van der Waals surface area contributed by atoms with Gasteiger partial charge in [-0.3, -0.25) is 14.8 Å². The number of carbonyl (C=O) groups excluding carboxylic acids is 1. The van der Waals surface area contributed by atoms with E-state index in [0.29, 0.717) is 5.56 Å². The van der Waals surface area contributed by atoms with E-state index in [1.807, 2.05) is 29.6 Å². The van der Waals surface area contributed by atoms with Crippen LogP contribution in [0.2, 0.25) is 0 Å². The molecule has 5 nitrogen and oxygen atoms in total. The van der Waals surface area contributed by atoms with Crippen molar-refractivity contribution in [2.24, 2.45) is 0 Å². The minimum absolute atomic E-state index is 0.00759. The number of aromatic nitrogens is 3. The van der Waals surface area contributed by atoms with E-state index >= 15 is 0 Å². The smallest absolute Gasteiger partial charge is 0.251 e. The molecule has 2 aromatic heterocycles. The van der Waals surface area contributed by atoms with Gasteiger partial charge in [0.25, 0.3) is 5.91 Å². The number of benzene rings is 1. The quantitative estimate of drug-likeness (QED) is 0.795. The lowest BCUT2D eigenvalue weighted by molar-refractivity contribution is 0.0963. The van der Waals surface area contributed by atoms with Crippen LogP contribution in [0.1, 0.15) is 33.8 Å². The van der Waals surface area contributed by atoms with Crippen LogP contribution in [-0.4, -0.2) is 27.9 Å². The van der Waals surface area contributed by atoms with Crippen molar-refractivity contribution in [3.8, 4) is 11.4 Å². The molecule has 1 amide bonds. The summed E-state index contributed by atoms with van der Waals surface area (Å²) in [6.45, 7) is 0.